The molecule has 0 radical (unpaired) electrons. The highest BCUT2D eigenvalue weighted by Crippen LogP contribution is 1.72. The number of ketones is 1. The number of hydrogen-bond acceptors (Lipinski definition) is 5. The molecule has 5 heteroatoms. The van der Waals surface area contributed by atoms with Crippen molar-refractivity contribution in [2.75, 3.05) is 6.61 Å². The van der Waals surface area contributed by atoms with Crippen LogP contribution in [0.4, 0.5) is 0 Å². The molecule has 0 unspecified atom stereocenters. The summed E-state index contributed by atoms with van der Waals surface area (Å²) in [6.07, 6.45) is -1.79. The number of aliphatic hydroxyl groups is 2. The lowest BCUT2D eigenvalue weighted by atomic mass is 10.4. The molecule has 0 rings (SSSR count). The Balaban J connectivity index is 0. The van der Waals surface area contributed by atoms with Crippen LogP contribution >= 0.6 is 0 Å². The molecule has 2 N–H and O–H groups in total. The molecule has 12 heavy (non-hydrogen) atoms. The van der Waals surface area contributed by atoms with E-state index < -0.39 is 12.1 Å². The minimum Gasteiger partial charge on any atom is -0.466 e. The normalized spacial score (nSPS) is 8.50. The molecule has 5 nitrogen and oxygen atoms in total. The van der Waals surface area contributed by atoms with Crippen LogP contribution in [0.25, 0.3) is 0 Å². The second-order valence-corrected chi connectivity index (χ2v) is 1.91. The van der Waals surface area contributed by atoms with Crippen LogP contribution in [0.3, 0.4) is 0 Å². The van der Waals surface area contributed by atoms with Gasteiger partial charge in [-0.05, 0) is 13.8 Å². The fraction of sp³-hybridized carbons (Fsp3) is 0.714. The minimum absolute atomic E-state index is 0.211. The van der Waals surface area contributed by atoms with E-state index in [4.69, 9.17) is 10.2 Å². The van der Waals surface area contributed by atoms with E-state index in [1.807, 2.05) is 0 Å². The van der Waals surface area contributed by atoms with Gasteiger partial charge in [-0.15, -0.1) is 0 Å². The molecule has 0 atom stereocenters. The van der Waals surface area contributed by atoms with Crippen molar-refractivity contribution in [2.24, 2.45) is 0 Å². The number of carbonyl (C=O) groups excluding carboxylic acids is 2. The van der Waals surface area contributed by atoms with Crippen molar-refractivity contribution in [3.8, 4) is 0 Å². The predicted octanol–water partition coefficient (Wildman–Crippen LogP) is -0.545. The van der Waals surface area contributed by atoms with Gasteiger partial charge >= 0.3 is 5.97 Å². The largest absolute Gasteiger partial charge is 0.466 e. The molecule has 72 valence electrons. The number of esters is 1. The maximum absolute atomic E-state index is 9.82. The molecule has 0 aromatic rings. The number of carbonyl (C=O) groups is 2. The third-order valence-electron chi connectivity index (χ3n) is 0.711. The van der Waals surface area contributed by atoms with E-state index in [0.717, 1.165) is 6.92 Å². The lowest BCUT2D eigenvalue weighted by molar-refractivity contribution is -0.142. The van der Waals surface area contributed by atoms with Crippen LogP contribution in [-0.4, -0.2) is 34.9 Å². The van der Waals surface area contributed by atoms with Crippen LogP contribution in [0.2, 0.25) is 0 Å². The topological polar surface area (TPSA) is 83.8 Å². The first-order valence-corrected chi connectivity index (χ1v) is 3.41. The van der Waals surface area contributed by atoms with E-state index in [0.29, 0.717) is 6.61 Å². The molecule has 0 amide bonds. The van der Waals surface area contributed by atoms with Gasteiger partial charge in [0.25, 0.3) is 0 Å². The number of Topliss-reactive ketones (excluding diaryl/α,β-unsaturated/α-hetero) is 1. The van der Waals surface area contributed by atoms with E-state index in [9.17, 15) is 9.59 Å². The lowest BCUT2D eigenvalue weighted by Crippen LogP contribution is -2.14. The molecule has 0 aliphatic carbocycles. The molecular weight excluding hydrogens is 164 g/mol. The van der Waals surface area contributed by atoms with Crippen LogP contribution < -0.4 is 0 Å². The monoisotopic (exact) mass is 178 g/mol. The van der Waals surface area contributed by atoms with Crippen molar-refractivity contribution >= 4 is 11.8 Å². The van der Waals surface area contributed by atoms with Gasteiger partial charge in [-0.2, -0.15) is 0 Å². The van der Waals surface area contributed by atoms with Crippen molar-refractivity contribution in [1.29, 1.82) is 0 Å². The average Bonchev–Trinajstić information content (AvgIpc) is 1.87. The maximum atomic E-state index is 9.82. The highest BCUT2D eigenvalue weighted by Gasteiger charge is 1.99. The second kappa shape index (κ2) is 8.16. The Hall–Kier alpha value is -0.940. The summed E-state index contributed by atoms with van der Waals surface area (Å²) >= 11 is 0. The number of rotatable bonds is 2. The molecule has 0 aromatic carbocycles. The first-order valence-electron chi connectivity index (χ1n) is 3.41. The number of ether oxygens (including phenoxy) is 1. The van der Waals surface area contributed by atoms with E-state index in [1.165, 1.54) is 6.92 Å². The highest BCUT2D eigenvalue weighted by atomic mass is 16.5. The van der Waals surface area contributed by atoms with Crippen molar-refractivity contribution in [3.63, 3.8) is 0 Å². The summed E-state index contributed by atoms with van der Waals surface area (Å²) in [4.78, 5) is 19.5. The predicted molar refractivity (Wildman–Crippen MR) is 41.2 cm³/mol. The van der Waals surface area contributed by atoms with E-state index >= 15 is 0 Å². The summed E-state index contributed by atoms with van der Waals surface area (Å²) in [7, 11) is 0. The number of aliphatic hydroxyl groups excluding tert-OH is 1. The van der Waals surface area contributed by atoms with Crippen LogP contribution in [0.1, 0.15) is 20.8 Å². The average molecular weight is 178 g/mol. The lowest BCUT2D eigenvalue weighted by Gasteiger charge is -1.90. The molecule has 0 aromatic heterocycles. The van der Waals surface area contributed by atoms with Gasteiger partial charge in [-0.3, -0.25) is 9.59 Å². The standard InChI is InChI=1S/C4H8O2.C3H6O3/c1-3-6-4(2)5;1-2(4)3(5)6/h3H2,1-2H3;3,5-6H,1H3. The third-order valence-corrected chi connectivity index (χ3v) is 0.711. The molecule has 0 fully saturated rings. The molecule has 0 saturated heterocycles. The summed E-state index contributed by atoms with van der Waals surface area (Å²) in [5, 5.41) is 15.7. The highest BCUT2D eigenvalue weighted by molar-refractivity contribution is 5.78. The van der Waals surface area contributed by atoms with Gasteiger partial charge in [-0.1, -0.05) is 0 Å². The zero-order valence-electron chi connectivity index (χ0n) is 7.40. The van der Waals surface area contributed by atoms with Crippen molar-refractivity contribution in [3.05, 3.63) is 0 Å². The second-order valence-electron chi connectivity index (χ2n) is 1.91. The zero-order valence-corrected chi connectivity index (χ0v) is 7.40. The third kappa shape index (κ3) is 16.0. The summed E-state index contributed by atoms with van der Waals surface area (Å²) in [6.45, 7) is 4.75. The Bertz CT molecular complexity index is 141. The first-order chi connectivity index (χ1) is 5.41. The van der Waals surface area contributed by atoms with Gasteiger partial charge in [0.1, 0.15) is 0 Å². The van der Waals surface area contributed by atoms with E-state index in [1.54, 1.807) is 6.92 Å². The maximum Gasteiger partial charge on any atom is 0.302 e. The number of hydrogen-bond donors (Lipinski definition) is 2. The summed E-state index contributed by atoms with van der Waals surface area (Å²) in [6, 6.07) is 0. The van der Waals surface area contributed by atoms with Crippen molar-refractivity contribution in [1.82, 2.24) is 0 Å². The van der Waals surface area contributed by atoms with Gasteiger partial charge in [-0.25, -0.2) is 0 Å². The Labute approximate surface area is 71.0 Å². The zero-order chi connectivity index (χ0) is 10.1. The molecule has 0 heterocycles. The summed E-state index contributed by atoms with van der Waals surface area (Å²) in [5.74, 6) is -0.840. The Morgan fingerprint density at radius 3 is 1.67 bits per heavy atom. The Kier molecular flexibility index (Phi) is 9.27. The summed E-state index contributed by atoms with van der Waals surface area (Å²) < 4.78 is 4.40. The molecule has 0 aliphatic heterocycles. The van der Waals surface area contributed by atoms with E-state index in [-0.39, 0.29) is 5.97 Å². The van der Waals surface area contributed by atoms with Crippen LogP contribution in [0.15, 0.2) is 0 Å². The van der Waals surface area contributed by atoms with E-state index in [2.05, 4.69) is 4.74 Å². The van der Waals surface area contributed by atoms with Gasteiger partial charge in [0.15, 0.2) is 5.78 Å². The van der Waals surface area contributed by atoms with Crippen LogP contribution in [-0.2, 0) is 14.3 Å². The molecule has 0 saturated carbocycles. The fourth-order valence-corrected chi connectivity index (χ4v) is 0.203. The van der Waals surface area contributed by atoms with Crippen LogP contribution in [0.5, 0.6) is 0 Å². The van der Waals surface area contributed by atoms with Gasteiger partial charge in [0, 0.05) is 6.92 Å². The Morgan fingerprint density at radius 1 is 1.33 bits per heavy atom. The smallest absolute Gasteiger partial charge is 0.302 e. The van der Waals surface area contributed by atoms with Crippen molar-refractivity contribution < 1.29 is 24.5 Å². The van der Waals surface area contributed by atoms with Gasteiger partial charge in [0.2, 0.25) is 6.29 Å². The SMILES string of the molecule is CC(=O)C(O)O.CCOC(C)=O. The quantitative estimate of drug-likeness (QED) is 0.438. The molecule has 0 spiro atoms. The van der Waals surface area contributed by atoms with Gasteiger partial charge in [0.05, 0.1) is 6.61 Å². The molecule has 0 bridgehead atoms. The van der Waals surface area contributed by atoms with Gasteiger partial charge < -0.3 is 14.9 Å². The summed E-state index contributed by atoms with van der Waals surface area (Å²) in [5.41, 5.74) is 0. The molecular formula is C7H14O5. The first kappa shape index (κ1) is 13.6. The van der Waals surface area contributed by atoms with Crippen LogP contribution in [0, 0.1) is 0 Å². The minimum atomic E-state index is -1.79. The molecule has 0 aliphatic rings. The Morgan fingerprint density at radius 2 is 1.67 bits per heavy atom. The van der Waals surface area contributed by atoms with Crippen molar-refractivity contribution in [2.45, 2.75) is 27.1 Å². The fourth-order valence-electron chi connectivity index (χ4n) is 0.203.